The molecular weight excluding hydrogens is 481 g/mol. The van der Waals surface area contributed by atoms with E-state index in [1.165, 1.54) is 23.1 Å². The summed E-state index contributed by atoms with van der Waals surface area (Å²) in [4.78, 5) is 27.9. The summed E-state index contributed by atoms with van der Waals surface area (Å²) in [6, 6.07) is 10.9. The van der Waals surface area contributed by atoms with Gasteiger partial charge < -0.3 is 10.2 Å². The Morgan fingerprint density at radius 3 is 2.26 bits per heavy atom. The van der Waals surface area contributed by atoms with Gasteiger partial charge in [0.15, 0.2) is 0 Å². The number of benzene rings is 2. The van der Waals surface area contributed by atoms with Crippen LogP contribution in [-0.2, 0) is 26.2 Å². The molecule has 0 spiro atoms. The van der Waals surface area contributed by atoms with E-state index in [2.05, 4.69) is 5.32 Å². The molecule has 0 saturated heterocycles. The van der Waals surface area contributed by atoms with Gasteiger partial charge in [-0.2, -0.15) is 0 Å². The molecule has 2 aromatic carbocycles. The number of carbonyl (C=O) groups is 2. The van der Waals surface area contributed by atoms with E-state index in [4.69, 9.17) is 11.6 Å². The number of anilines is 1. The number of sulfonamides is 1. The predicted octanol–water partition coefficient (Wildman–Crippen LogP) is 3.97. The zero-order valence-corrected chi connectivity index (χ0v) is 21.4. The van der Waals surface area contributed by atoms with Crippen LogP contribution in [-0.4, -0.2) is 50.0 Å². The SMILES string of the molecule is CC[C@@H](C)NC(=O)[C@@H](CC)N(Cc1ccc(Cl)cc1)C(=O)CN(c1cccc(F)c1)S(C)(=O)=O. The lowest BCUT2D eigenvalue weighted by molar-refractivity contribution is -0.140. The molecule has 0 unspecified atom stereocenters. The van der Waals surface area contributed by atoms with E-state index < -0.39 is 34.3 Å². The standard InChI is InChI=1S/C24H31ClFN3O4S/c1-5-17(3)27-24(31)22(6-2)28(15-18-10-12-19(25)13-11-18)23(30)16-29(34(4,32)33)21-9-7-8-20(26)14-21/h7-14,17,22H,5-6,15-16H2,1-4H3,(H,27,31)/t17-,22-/m1/s1. The van der Waals surface area contributed by atoms with Crippen molar-refractivity contribution in [3.63, 3.8) is 0 Å². The molecule has 2 atom stereocenters. The molecule has 0 aliphatic rings. The van der Waals surface area contributed by atoms with Crippen LogP contribution in [0.2, 0.25) is 5.02 Å². The second kappa shape index (κ2) is 12.2. The van der Waals surface area contributed by atoms with Crippen molar-refractivity contribution in [2.45, 2.75) is 52.2 Å². The number of hydrogen-bond acceptors (Lipinski definition) is 4. The highest BCUT2D eigenvalue weighted by Gasteiger charge is 2.32. The molecule has 2 rings (SSSR count). The highest BCUT2D eigenvalue weighted by Crippen LogP contribution is 2.21. The monoisotopic (exact) mass is 511 g/mol. The van der Waals surface area contributed by atoms with Crippen LogP contribution in [0.4, 0.5) is 10.1 Å². The van der Waals surface area contributed by atoms with Gasteiger partial charge in [0, 0.05) is 17.6 Å². The number of hydrogen-bond donors (Lipinski definition) is 1. The van der Waals surface area contributed by atoms with Crippen molar-refractivity contribution in [1.29, 1.82) is 0 Å². The molecule has 0 fully saturated rings. The number of nitrogens with zero attached hydrogens (tertiary/aromatic N) is 2. The molecule has 2 amide bonds. The van der Waals surface area contributed by atoms with Crippen LogP contribution in [0.3, 0.4) is 0 Å². The molecule has 0 saturated carbocycles. The summed E-state index contributed by atoms with van der Waals surface area (Å²) in [6.07, 6.45) is 1.98. The van der Waals surface area contributed by atoms with Crippen molar-refractivity contribution in [2.24, 2.45) is 0 Å². The summed E-state index contributed by atoms with van der Waals surface area (Å²) in [7, 11) is -3.92. The summed E-state index contributed by atoms with van der Waals surface area (Å²) < 4.78 is 39.6. The number of amides is 2. The van der Waals surface area contributed by atoms with Crippen LogP contribution in [0.25, 0.3) is 0 Å². The van der Waals surface area contributed by atoms with Crippen molar-refractivity contribution in [3.05, 3.63) is 64.9 Å². The van der Waals surface area contributed by atoms with E-state index in [1.54, 1.807) is 31.2 Å². The molecule has 10 heteroatoms. The van der Waals surface area contributed by atoms with Crippen LogP contribution >= 0.6 is 11.6 Å². The molecule has 7 nitrogen and oxygen atoms in total. The maximum absolute atomic E-state index is 13.8. The first-order chi connectivity index (χ1) is 16.0. The van der Waals surface area contributed by atoms with Gasteiger partial charge in [0.05, 0.1) is 11.9 Å². The van der Waals surface area contributed by atoms with E-state index in [-0.39, 0.29) is 24.2 Å². The van der Waals surface area contributed by atoms with E-state index >= 15 is 0 Å². The third kappa shape index (κ3) is 7.70. The lowest BCUT2D eigenvalue weighted by Gasteiger charge is -2.33. The van der Waals surface area contributed by atoms with E-state index in [9.17, 15) is 22.4 Å². The van der Waals surface area contributed by atoms with E-state index in [0.717, 1.165) is 22.2 Å². The molecule has 0 heterocycles. The molecule has 0 aromatic heterocycles. The zero-order chi connectivity index (χ0) is 25.5. The summed E-state index contributed by atoms with van der Waals surface area (Å²) in [5.41, 5.74) is 0.753. The maximum Gasteiger partial charge on any atom is 0.244 e. The van der Waals surface area contributed by atoms with Gasteiger partial charge in [-0.15, -0.1) is 0 Å². The van der Waals surface area contributed by atoms with Gasteiger partial charge in [-0.25, -0.2) is 12.8 Å². The Kier molecular flexibility index (Phi) is 9.88. The molecular formula is C24H31ClFN3O4S. The summed E-state index contributed by atoms with van der Waals surface area (Å²) in [5, 5.41) is 3.42. The van der Waals surface area contributed by atoms with Gasteiger partial charge in [-0.3, -0.25) is 13.9 Å². The largest absolute Gasteiger partial charge is 0.352 e. The van der Waals surface area contributed by atoms with Crippen molar-refractivity contribution >= 4 is 39.1 Å². The summed E-state index contributed by atoms with van der Waals surface area (Å²) >= 11 is 5.98. The number of nitrogens with one attached hydrogen (secondary N) is 1. The Morgan fingerprint density at radius 2 is 1.74 bits per heavy atom. The maximum atomic E-state index is 13.8. The normalized spacial score (nSPS) is 13.1. The lowest BCUT2D eigenvalue weighted by atomic mass is 10.1. The van der Waals surface area contributed by atoms with Crippen LogP contribution in [0, 0.1) is 5.82 Å². The van der Waals surface area contributed by atoms with E-state index in [1.807, 2.05) is 13.8 Å². The molecule has 34 heavy (non-hydrogen) atoms. The quantitative estimate of drug-likeness (QED) is 0.494. The van der Waals surface area contributed by atoms with Crippen molar-refractivity contribution in [3.8, 4) is 0 Å². The number of halogens is 2. The van der Waals surface area contributed by atoms with Gasteiger partial charge in [0.1, 0.15) is 18.4 Å². The first-order valence-corrected chi connectivity index (χ1v) is 13.3. The fraction of sp³-hybridized carbons (Fsp3) is 0.417. The molecule has 2 aromatic rings. The van der Waals surface area contributed by atoms with Crippen LogP contribution in [0.15, 0.2) is 48.5 Å². The lowest BCUT2D eigenvalue weighted by Crippen LogP contribution is -2.53. The fourth-order valence-electron chi connectivity index (χ4n) is 3.39. The predicted molar refractivity (Wildman–Crippen MR) is 133 cm³/mol. The minimum atomic E-state index is -3.92. The molecule has 1 N–H and O–H groups in total. The fourth-order valence-corrected chi connectivity index (χ4v) is 4.36. The van der Waals surface area contributed by atoms with Crippen LogP contribution < -0.4 is 9.62 Å². The second-order valence-electron chi connectivity index (χ2n) is 8.14. The van der Waals surface area contributed by atoms with Gasteiger partial charge in [-0.1, -0.05) is 43.6 Å². The van der Waals surface area contributed by atoms with E-state index in [0.29, 0.717) is 17.9 Å². The third-order valence-electron chi connectivity index (χ3n) is 5.43. The molecule has 0 aliphatic carbocycles. The van der Waals surface area contributed by atoms with Gasteiger partial charge >= 0.3 is 0 Å². The Labute approximate surface area is 205 Å². The average Bonchev–Trinajstić information content (AvgIpc) is 2.77. The topological polar surface area (TPSA) is 86.8 Å². The van der Waals surface area contributed by atoms with Crippen LogP contribution in [0.5, 0.6) is 0 Å². The highest BCUT2D eigenvalue weighted by atomic mass is 35.5. The Bertz CT molecular complexity index is 1100. The van der Waals surface area contributed by atoms with Gasteiger partial charge in [-0.05, 0) is 55.7 Å². The van der Waals surface area contributed by atoms with Crippen molar-refractivity contribution < 1.29 is 22.4 Å². The summed E-state index contributed by atoms with van der Waals surface area (Å²) in [5.74, 6) is -1.54. The van der Waals surface area contributed by atoms with Crippen molar-refractivity contribution in [2.75, 3.05) is 17.1 Å². The van der Waals surface area contributed by atoms with Gasteiger partial charge in [0.25, 0.3) is 0 Å². The second-order valence-corrected chi connectivity index (χ2v) is 10.5. The molecule has 186 valence electrons. The minimum absolute atomic E-state index is 0.0272. The van der Waals surface area contributed by atoms with Crippen LogP contribution in [0.1, 0.15) is 39.2 Å². The molecule has 0 bridgehead atoms. The Morgan fingerprint density at radius 1 is 1.09 bits per heavy atom. The Balaban J connectivity index is 2.43. The Hall–Kier alpha value is -2.65. The van der Waals surface area contributed by atoms with Gasteiger partial charge in [0.2, 0.25) is 21.8 Å². The minimum Gasteiger partial charge on any atom is -0.352 e. The van der Waals surface area contributed by atoms with Crippen molar-refractivity contribution in [1.82, 2.24) is 10.2 Å². The first kappa shape index (κ1) is 27.6. The average molecular weight is 512 g/mol. The number of carbonyl (C=O) groups excluding carboxylic acids is 2. The first-order valence-electron chi connectivity index (χ1n) is 11.0. The summed E-state index contributed by atoms with van der Waals surface area (Å²) in [6.45, 7) is 5.08. The molecule has 0 aliphatic heterocycles. The smallest absolute Gasteiger partial charge is 0.244 e. The number of rotatable bonds is 11. The highest BCUT2D eigenvalue weighted by molar-refractivity contribution is 7.92. The molecule has 0 radical (unpaired) electrons. The zero-order valence-electron chi connectivity index (χ0n) is 19.8. The third-order valence-corrected chi connectivity index (χ3v) is 6.82.